The predicted molar refractivity (Wildman–Crippen MR) is 88.1 cm³/mol. The zero-order valence-corrected chi connectivity index (χ0v) is 14.1. The maximum atomic E-state index is 12.3. The molecule has 0 saturated carbocycles. The van der Waals surface area contributed by atoms with Gasteiger partial charge in [0.25, 0.3) is 0 Å². The van der Waals surface area contributed by atoms with E-state index < -0.39 is 16.1 Å². The molecule has 0 saturated heterocycles. The van der Waals surface area contributed by atoms with Gasteiger partial charge < -0.3 is 4.57 Å². The second kappa shape index (κ2) is 7.07. The zero-order valence-electron chi connectivity index (χ0n) is 13.3. The molecule has 0 aliphatic carbocycles. The summed E-state index contributed by atoms with van der Waals surface area (Å²) in [6.07, 6.45) is 5.00. The van der Waals surface area contributed by atoms with Crippen LogP contribution in [0.3, 0.4) is 0 Å². The van der Waals surface area contributed by atoms with Crippen molar-refractivity contribution < 1.29 is 8.42 Å². The first-order chi connectivity index (χ1) is 10.4. The van der Waals surface area contributed by atoms with Crippen molar-refractivity contribution >= 4 is 10.0 Å². The third-order valence-corrected chi connectivity index (χ3v) is 5.10. The molecule has 1 aromatic carbocycles. The van der Waals surface area contributed by atoms with E-state index >= 15 is 0 Å². The number of hydrogen-bond acceptors (Lipinski definition) is 3. The van der Waals surface area contributed by atoms with Gasteiger partial charge in [-0.05, 0) is 24.5 Å². The molecular formula is C16H23N3O2S. The van der Waals surface area contributed by atoms with Crippen LogP contribution in [-0.4, -0.2) is 23.7 Å². The Hall–Kier alpha value is -1.66. The second-order valence-electron chi connectivity index (χ2n) is 5.48. The van der Waals surface area contributed by atoms with Gasteiger partial charge in [0.05, 0.1) is 5.75 Å². The van der Waals surface area contributed by atoms with Gasteiger partial charge in [-0.3, -0.25) is 0 Å². The van der Waals surface area contributed by atoms with Crippen LogP contribution < -0.4 is 4.72 Å². The Morgan fingerprint density at radius 3 is 2.64 bits per heavy atom. The van der Waals surface area contributed by atoms with E-state index in [2.05, 4.69) is 9.71 Å². The van der Waals surface area contributed by atoms with Crippen molar-refractivity contribution in [1.82, 2.24) is 14.3 Å². The number of hydrogen-bond donors (Lipinski definition) is 1. The predicted octanol–water partition coefficient (Wildman–Crippen LogP) is 2.54. The molecule has 0 aliphatic rings. The fourth-order valence-electron chi connectivity index (χ4n) is 2.39. The van der Waals surface area contributed by atoms with Gasteiger partial charge in [0, 0.05) is 19.4 Å². The monoisotopic (exact) mass is 321 g/mol. The molecular weight excluding hydrogens is 298 g/mol. The summed E-state index contributed by atoms with van der Waals surface area (Å²) in [4.78, 5) is 4.33. The van der Waals surface area contributed by atoms with Crippen LogP contribution in [0.25, 0.3) is 0 Å². The highest BCUT2D eigenvalue weighted by atomic mass is 32.2. The normalized spacial score (nSPS) is 13.2. The molecule has 0 amide bonds. The minimum atomic E-state index is -3.35. The van der Waals surface area contributed by atoms with Crippen molar-refractivity contribution in [2.45, 2.75) is 32.7 Å². The van der Waals surface area contributed by atoms with Crippen molar-refractivity contribution in [3.8, 4) is 0 Å². The number of imidazole rings is 1. The fraction of sp³-hybridized carbons (Fsp3) is 0.438. The minimum absolute atomic E-state index is 0.135. The largest absolute Gasteiger partial charge is 0.336 e. The Kier molecular flexibility index (Phi) is 5.37. The molecule has 1 heterocycles. The minimum Gasteiger partial charge on any atom is -0.336 e. The van der Waals surface area contributed by atoms with Gasteiger partial charge in [0.15, 0.2) is 0 Å². The van der Waals surface area contributed by atoms with E-state index in [-0.39, 0.29) is 5.75 Å². The van der Waals surface area contributed by atoms with E-state index in [1.165, 1.54) is 0 Å². The number of nitrogens with one attached hydrogen (secondary N) is 1. The summed E-state index contributed by atoms with van der Waals surface area (Å²) in [5.74, 6) is 0.824. The first kappa shape index (κ1) is 16.7. The van der Waals surface area contributed by atoms with Crippen LogP contribution in [0.15, 0.2) is 36.7 Å². The van der Waals surface area contributed by atoms with Crippen LogP contribution in [0.5, 0.6) is 0 Å². The highest BCUT2D eigenvalue weighted by Gasteiger charge is 2.25. The average Bonchev–Trinajstić information content (AvgIpc) is 2.90. The zero-order chi connectivity index (χ0) is 16.2. The van der Waals surface area contributed by atoms with E-state index in [4.69, 9.17) is 0 Å². The molecule has 22 heavy (non-hydrogen) atoms. The van der Waals surface area contributed by atoms with Crippen LogP contribution in [0.2, 0.25) is 0 Å². The number of aryl methyl sites for hydroxylation is 2. The van der Waals surface area contributed by atoms with Crippen molar-refractivity contribution in [2.75, 3.05) is 5.75 Å². The Morgan fingerprint density at radius 1 is 1.32 bits per heavy atom. The molecule has 120 valence electrons. The molecule has 0 fully saturated rings. The maximum Gasteiger partial charge on any atom is 0.212 e. The summed E-state index contributed by atoms with van der Waals surface area (Å²) in [5.41, 5.74) is 1.96. The molecule has 2 rings (SSSR count). The Labute approximate surface area is 132 Å². The molecule has 5 nitrogen and oxygen atoms in total. The second-order valence-corrected chi connectivity index (χ2v) is 7.35. The van der Waals surface area contributed by atoms with Crippen molar-refractivity contribution in [3.05, 3.63) is 53.6 Å². The lowest BCUT2D eigenvalue weighted by Crippen LogP contribution is -2.33. The molecule has 0 bridgehead atoms. The van der Waals surface area contributed by atoms with Crippen molar-refractivity contribution in [3.63, 3.8) is 0 Å². The fourth-order valence-corrected chi connectivity index (χ4v) is 3.77. The first-order valence-corrected chi connectivity index (χ1v) is 9.12. The summed E-state index contributed by atoms with van der Waals surface area (Å²) in [6, 6.07) is 7.31. The van der Waals surface area contributed by atoms with Gasteiger partial charge in [0.2, 0.25) is 10.0 Å². The van der Waals surface area contributed by atoms with E-state index in [9.17, 15) is 8.42 Å². The summed E-state index contributed by atoms with van der Waals surface area (Å²) >= 11 is 0. The SMILES string of the molecule is CCCCS(=O)(=O)NC(c1ccccc1C)c1nccn1C. The molecule has 1 N–H and O–H groups in total. The van der Waals surface area contributed by atoms with Gasteiger partial charge in [-0.1, -0.05) is 37.6 Å². The molecule has 1 unspecified atom stereocenters. The lowest BCUT2D eigenvalue weighted by atomic mass is 10.0. The smallest absolute Gasteiger partial charge is 0.212 e. The van der Waals surface area contributed by atoms with Crippen molar-refractivity contribution in [2.24, 2.45) is 7.05 Å². The van der Waals surface area contributed by atoms with E-state index in [0.717, 1.165) is 17.5 Å². The van der Waals surface area contributed by atoms with Crippen LogP contribution in [0.4, 0.5) is 0 Å². The highest BCUT2D eigenvalue weighted by molar-refractivity contribution is 7.89. The summed E-state index contributed by atoms with van der Waals surface area (Å²) in [5, 5.41) is 0. The molecule has 0 spiro atoms. The van der Waals surface area contributed by atoms with E-state index in [1.807, 2.05) is 55.9 Å². The Balaban J connectivity index is 2.40. The maximum absolute atomic E-state index is 12.3. The lowest BCUT2D eigenvalue weighted by Gasteiger charge is -2.20. The Morgan fingerprint density at radius 2 is 2.05 bits per heavy atom. The number of sulfonamides is 1. The van der Waals surface area contributed by atoms with Crippen molar-refractivity contribution in [1.29, 1.82) is 0 Å². The lowest BCUT2D eigenvalue weighted by molar-refractivity contribution is 0.559. The number of rotatable bonds is 7. The van der Waals surface area contributed by atoms with Gasteiger partial charge in [-0.15, -0.1) is 0 Å². The van der Waals surface area contributed by atoms with Gasteiger partial charge in [0.1, 0.15) is 11.9 Å². The quantitative estimate of drug-likeness (QED) is 0.852. The molecule has 2 aromatic rings. The standard InChI is InChI=1S/C16H23N3O2S/c1-4-5-12-22(20,21)18-15(16-17-10-11-19(16)3)14-9-7-6-8-13(14)2/h6-11,15,18H,4-5,12H2,1-3H3. The van der Waals surface area contributed by atoms with Gasteiger partial charge in [-0.2, -0.15) is 0 Å². The molecule has 1 aromatic heterocycles. The average molecular weight is 321 g/mol. The van der Waals surface area contributed by atoms with Crippen LogP contribution in [0.1, 0.15) is 42.8 Å². The molecule has 0 radical (unpaired) electrons. The third kappa shape index (κ3) is 3.96. The number of benzene rings is 1. The highest BCUT2D eigenvalue weighted by Crippen LogP contribution is 2.24. The molecule has 0 aliphatic heterocycles. The van der Waals surface area contributed by atoms with Gasteiger partial charge >= 0.3 is 0 Å². The number of nitrogens with zero attached hydrogens (tertiary/aromatic N) is 2. The van der Waals surface area contributed by atoms with Crippen LogP contribution >= 0.6 is 0 Å². The molecule has 6 heteroatoms. The third-order valence-electron chi connectivity index (χ3n) is 3.68. The Bertz CT molecular complexity index is 722. The summed E-state index contributed by atoms with van der Waals surface area (Å²) < 4.78 is 29.3. The number of unbranched alkanes of at least 4 members (excludes halogenated alkanes) is 1. The summed E-state index contributed by atoms with van der Waals surface area (Å²) in [7, 11) is -1.48. The number of aromatic nitrogens is 2. The van der Waals surface area contributed by atoms with Gasteiger partial charge in [-0.25, -0.2) is 18.1 Å². The first-order valence-electron chi connectivity index (χ1n) is 7.47. The van der Waals surface area contributed by atoms with E-state index in [1.54, 1.807) is 6.20 Å². The summed E-state index contributed by atoms with van der Waals surface area (Å²) in [6.45, 7) is 3.96. The topological polar surface area (TPSA) is 64.0 Å². The van der Waals surface area contributed by atoms with Crippen LogP contribution in [-0.2, 0) is 17.1 Å². The van der Waals surface area contributed by atoms with E-state index in [0.29, 0.717) is 12.2 Å². The van der Waals surface area contributed by atoms with Crippen LogP contribution in [0, 0.1) is 6.92 Å². The molecule has 1 atom stereocenters.